The third-order valence-corrected chi connectivity index (χ3v) is 2.22. The number of rotatable bonds is 5. The lowest BCUT2D eigenvalue weighted by atomic mass is 10.1. The molecule has 0 saturated heterocycles. The molecule has 0 saturated carbocycles. The predicted octanol–water partition coefficient (Wildman–Crippen LogP) is 1.94. The smallest absolute Gasteiger partial charge is 0.220 e. The summed E-state index contributed by atoms with van der Waals surface area (Å²) in [7, 11) is 0. The molecule has 0 aliphatic rings. The Morgan fingerprint density at radius 2 is 1.88 bits per heavy atom. The highest BCUT2D eigenvalue weighted by molar-refractivity contribution is 7.80. The molecule has 0 aliphatic carbocycles. The Balaban J connectivity index is 2.40. The summed E-state index contributed by atoms with van der Waals surface area (Å²) in [6.07, 6.45) is 0.758. The summed E-state index contributed by atoms with van der Waals surface area (Å²) < 4.78 is 25.6. The van der Waals surface area contributed by atoms with Gasteiger partial charge < -0.3 is 5.32 Å². The van der Waals surface area contributed by atoms with Gasteiger partial charge in [-0.2, -0.15) is 12.6 Å². The molecular weight excluding hydrogens is 232 g/mol. The van der Waals surface area contributed by atoms with Crippen LogP contribution in [0.4, 0.5) is 8.78 Å². The minimum atomic E-state index is -0.600. The summed E-state index contributed by atoms with van der Waals surface area (Å²) >= 11 is 3.92. The molecule has 1 amide bonds. The van der Waals surface area contributed by atoms with Crippen LogP contribution in [0.25, 0.3) is 0 Å². The molecule has 0 atom stereocenters. The second kappa shape index (κ2) is 6.48. The Bertz CT molecular complexity index is 351. The molecule has 0 bridgehead atoms. The maximum atomic E-state index is 12.8. The van der Waals surface area contributed by atoms with Crippen molar-refractivity contribution in [3.8, 4) is 0 Å². The molecule has 0 fully saturated rings. The molecule has 0 heterocycles. The number of benzene rings is 1. The number of carbonyl (C=O) groups excluding carboxylic acids is 1. The molecule has 2 nitrogen and oxygen atoms in total. The van der Waals surface area contributed by atoms with E-state index in [9.17, 15) is 13.6 Å². The average molecular weight is 245 g/mol. The molecule has 1 aromatic carbocycles. The molecule has 88 valence electrons. The van der Waals surface area contributed by atoms with E-state index in [-0.39, 0.29) is 5.91 Å². The molecular formula is C11H13F2NOS. The highest BCUT2D eigenvalue weighted by Gasteiger charge is 2.02. The van der Waals surface area contributed by atoms with Gasteiger partial charge in [-0.1, -0.05) is 0 Å². The van der Waals surface area contributed by atoms with Crippen LogP contribution < -0.4 is 5.32 Å². The van der Waals surface area contributed by atoms with E-state index < -0.39 is 11.6 Å². The van der Waals surface area contributed by atoms with Gasteiger partial charge in [-0.3, -0.25) is 4.79 Å². The highest BCUT2D eigenvalue weighted by Crippen LogP contribution is 2.08. The van der Waals surface area contributed by atoms with Crippen molar-refractivity contribution in [2.75, 3.05) is 12.3 Å². The summed E-state index contributed by atoms with van der Waals surface area (Å²) in [5.41, 5.74) is 0.531. The number of hydrogen-bond acceptors (Lipinski definition) is 2. The molecule has 1 N–H and O–H groups in total. The van der Waals surface area contributed by atoms with Crippen LogP contribution in [0.2, 0.25) is 0 Å². The van der Waals surface area contributed by atoms with Gasteiger partial charge in [-0.25, -0.2) is 8.78 Å². The van der Waals surface area contributed by atoms with Crippen LogP contribution in [-0.2, 0) is 11.2 Å². The molecule has 1 rings (SSSR count). The molecule has 0 radical (unpaired) electrons. The van der Waals surface area contributed by atoms with E-state index in [1.165, 1.54) is 12.1 Å². The third-order valence-electron chi connectivity index (χ3n) is 2.00. The van der Waals surface area contributed by atoms with Crippen LogP contribution in [0.3, 0.4) is 0 Å². The molecule has 0 unspecified atom stereocenters. The zero-order valence-corrected chi connectivity index (χ0v) is 9.57. The zero-order chi connectivity index (χ0) is 12.0. The standard InChI is InChI=1S/C11H13F2NOS/c12-9-5-8(6-10(13)7-9)1-3-14-11(15)2-4-16/h5-7,16H,1-4H2,(H,14,15). The van der Waals surface area contributed by atoms with Gasteiger partial charge in [0.15, 0.2) is 0 Å². The normalized spacial score (nSPS) is 10.2. The lowest BCUT2D eigenvalue weighted by molar-refractivity contribution is -0.120. The zero-order valence-electron chi connectivity index (χ0n) is 8.67. The fourth-order valence-corrected chi connectivity index (χ4v) is 1.49. The molecule has 5 heteroatoms. The summed E-state index contributed by atoms with van der Waals surface area (Å²) in [6.45, 7) is 0.371. The van der Waals surface area contributed by atoms with Crippen molar-refractivity contribution in [3.05, 3.63) is 35.4 Å². The maximum absolute atomic E-state index is 12.8. The lowest BCUT2D eigenvalue weighted by Crippen LogP contribution is -2.25. The quantitative estimate of drug-likeness (QED) is 0.763. The summed E-state index contributed by atoms with van der Waals surface area (Å²) in [5, 5.41) is 2.64. The summed E-state index contributed by atoms with van der Waals surface area (Å²) in [5.74, 6) is -0.819. The van der Waals surface area contributed by atoms with Crippen LogP contribution in [0.5, 0.6) is 0 Å². The molecule has 0 aliphatic heterocycles. The van der Waals surface area contributed by atoms with Crippen molar-refractivity contribution in [1.29, 1.82) is 0 Å². The topological polar surface area (TPSA) is 29.1 Å². The number of amides is 1. The summed E-state index contributed by atoms with van der Waals surface area (Å²) in [4.78, 5) is 11.1. The van der Waals surface area contributed by atoms with E-state index in [1.54, 1.807) is 0 Å². The molecule has 16 heavy (non-hydrogen) atoms. The molecule has 0 aromatic heterocycles. The van der Waals surface area contributed by atoms with E-state index >= 15 is 0 Å². The van der Waals surface area contributed by atoms with Crippen LogP contribution in [-0.4, -0.2) is 18.2 Å². The Morgan fingerprint density at radius 3 is 2.44 bits per heavy atom. The first kappa shape index (κ1) is 13.0. The number of hydrogen-bond donors (Lipinski definition) is 2. The first-order valence-corrected chi connectivity index (χ1v) is 5.57. The van der Waals surface area contributed by atoms with Crippen LogP contribution in [0, 0.1) is 11.6 Å². The SMILES string of the molecule is O=C(CCS)NCCc1cc(F)cc(F)c1. The Hall–Kier alpha value is -1.10. The fourth-order valence-electron chi connectivity index (χ4n) is 1.29. The third kappa shape index (κ3) is 4.61. The average Bonchev–Trinajstić information content (AvgIpc) is 2.16. The van der Waals surface area contributed by atoms with Gasteiger partial charge in [-0.15, -0.1) is 0 Å². The van der Waals surface area contributed by atoms with Crippen molar-refractivity contribution in [2.24, 2.45) is 0 Å². The number of carbonyl (C=O) groups is 1. The molecule has 0 spiro atoms. The Labute approximate surface area is 98.5 Å². The monoisotopic (exact) mass is 245 g/mol. The second-order valence-corrected chi connectivity index (χ2v) is 3.80. The van der Waals surface area contributed by atoms with Gasteiger partial charge in [0.2, 0.25) is 5.91 Å². The number of thiol groups is 1. The Morgan fingerprint density at radius 1 is 1.25 bits per heavy atom. The maximum Gasteiger partial charge on any atom is 0.220 e. The molecule has 1 aromatic rings. The number of halogens is 2. The summed E-state index contributed by atoms with van der Waals surface area (Å²) in [6, 6.07) is 3.34. The van der Waals surface area contributed by atoms with Crippen LogP contribution in [0.1, 0.15) is 12.0 Å². The van der Waals surface area contributed by atoms with Crippen molar-refractivity contribution >= 4 is 18.5 Å². The second-order valence-electron chi connectivity index (χ2n) is 3.35. The number of nitrogens with one attached hydrogen (secondary N) is 1. The van der Waals surface area contributed by atoms with Gasteiger partial charge in [0.05, 0.1) is 0 Å². The van der Waals surface area contributed by atoms with Gasteiger partial charge in [-0.05, 0) is 29.9 Å². The van der Waals surface area contributed by atoms with Crippen LogP contribution in [0.15, 0.2) is 18.2 Å². The van der Waals surface area contributed by atoms with E-state index in [4.69, 9.17) is 0 Å². The predicted molar refractivity (Wildman–Crippen MR) is 61.5 cm³/mol. The Kier molecular flexibility index (Phi) is 5.25. The van der Waals surface area contributed by atoms with Crippen molar-refractivity contribution in [3.63, 3.8) is 0 Å². The van der Waals surface area contributed by atoms with E-state index in [2.05, 4.69) is 17.9 Å². The van der Waals surface area contributed by atoms with Gasteiger partial charge in [0.25, 0.3) is 0 Å². The minimum Gasteiger partial charge on any atom is -0.356 e. The van der Waals surface area contributed by atoms with Crippen molar-refractivity contribution in [2.45, 2.75) is 12.8 Å². The lowest BCUT2D eigenvalue weighted by Gasteiger charge is -2.04. The van der Waals surface area contributed by atoms with Gasteiger partial charge in [0.1, 0.15) is 11.6 Å². The highest BCUT2D eigenvalue weighted by atomic mass is 32.1. The van der Waals surface area contributed by atoms with Crippen molar-refractivity contribution < 1.29 is 13.6 Å². The van der Waals surface area contributed by atoms with Gasteiger partial charge in [0, 0.05) is 19.0 Å². The van der Waals surface area contributed by atoms with Crippen molar-refractivity contribution in [1.82, 2.24) is 5.32 Å². The van der Waals surface area contributed by atoms with Gasteiger partial charge >= 0.3 is 0 Å². The van der Waals surface area contributed by atoms with E-state index in [0.717, 1.165) is 6.07 Å². The van der Waals surface area contributed by atoms with Crippen LogP contribution >= 0.6 is 12.6 Å². The first-order chi connectivity index (χ1) is 7.61. The van der Waals surface area contributed by atoms with E-state index in [1.807, 2.05) is 0 Å². The minimum absolute atomic E-state index is 0.105. The largest absolute Gasteiger partial charge is 0.356 e. The van der Waals surface area contributed by atoms with E-state index in [0.29, 0.717) is 30.7 Å². The fraction of sp³-hybridized carbons (Fsp3) is 0.364. The first-order valence-electron chi connectivity index (χ1n) is 4.94.